The quantitative estimate of drug-likeness (QED) is 0.642. The Morgan fingerprint density at radius 3 is 2.75 bits per heavy atom. The van der Waals surface area contributed by atoms with E-state index in [0.29, 0.717) is 6.42 Å². The van der Waals surface area contributed by atoms with Gasteiger partial charge in [0.25, 0.3) is 0 Å². The third kappa shape index (κ3) is 1.03. The Bertz CT molecular complexity index is 544. The first-order valence-electron chi connectivity index (χ1n) is 5.67. The molecule has 0 unspecified atom stereocenters. The Labute approximate surface area is 95.5 Å². The van der Waals surface area contributed by atoms with Gasteiger partial charge in [0.1, 0.15) is 0 Å². The molecule has 0 bridgehead atoms. The molecule has 2 aliphatic carbocycles. The maximum atomic E-state index is 12.1. The molecule has 3 rings (SSSR count). The normalized spacial score (nSPS) is 21.0. The summed E-state index contributed by atoms with van der Waals surface area (Å²) in [5.74, 6) is 0.277. The van der Waals surface area contributed by atoms with Gasteiger partial charge in [-0.25, -0.2) is 0 Å². The molecule has 0 fully saturated rings. The van der Waals surface area contributed by atoms with Crippen molar-refractivity contribution in [2.75, 3.05) is 0 Å². The van der Waals surface area contributed by atoms with E-state index in [0.717, 1.165) is 11.1 Å². The van der Waals surface area contributed by atoms with Crippen LogP contribution < -0.4 is 0 Å². The van der Waals surface area contributed by atoms with Crippen LogP contribution in [0.4, 0.5) is 0 Å². The Morgan fingerprint density at radius 2 is 1.94 bits per heavy atom. The van der Waals surface area contributed by atoms with E-state index in [1.165, 1.54) is 11.1 Å². The number of Topliss-reactive ketones (excluding diaryl/α,β-unsaturated/α-hetero) is 1. The van der Waals surface area contributed by atoms with Crippen LogP contribution in [0.15, 0.2) is 42.0 Å². The molecule has 0 heterocycles. The maximum Gasteiger partial charge on any atom is 0.164 e. The summed E-state index contributed by atoms with van der Waals surface area (Å²) >= 11 is 0. The molecule has 1 heteroatoms. The smallest absolute Gasteiger partial charge is 0.164 e. The van der Waals surface area contributed by atoms with E-state index in [2.05, 4.69) is 32.1 Å². The van der Waals surface area contributed by atoms with Crippen molar-refractivity contribution in [3.63, 3.8) is 0 Å². The standard InChI is InChI=1S/C15H14O/c1-15(2)12-8-4-3-6-10(12)11-7-5-9-13(16)14(11)15/h3-8H,9H2,1-2H3. The van der Waals surface area contributed by atoms with Crippen LogP contribution in [0.25, 0.3) is 5.57 Å². The number of ketones is 1. The van der Waals surface area contributed by atoms with E-state index >= 15 is 0 Å². The number of rotatable bonds is 0. The molecule has 0 spiro atoms. The van der Waals surface area contributed by atoms with E-state index in [9.17, 15) is 4.79 Å². The monoisotopic (exact) mass is 210 g/mol. The van der Waals surface area contributed by atoms with Crippen molar-refractivity contribution in [2.24, 2.45) is 0 Å². The second-order valence-electron chi connectivity index (χ2n) is 4.99. The van der Waals surface area contributed by atoms with Crippen molar-refractivity contribution in [3.05, 3.63) is 53.1 Å². The highest BCUT2D eigenvalue weighted by atomic mass is 16.1. The van der Waals surface area contributed by atoms with Gasteiger partial charge < -0.3 is 0 Å². The average Bonchev–Trinajstić information content (AvgIpc) is 2.50. The lowest BCUT2D eigenvalue weighted by Gasteiger charge is -2.24. The predicted molar refractivity (Wildman–Crippen MR) is 65.2 cm³/mol. The van der Waals surface area contributed by atoms with Gasteiger partial charge >= 0.3 is 0 Å². The summed E-state index contributed by atoms with van der Waals surface area (Å²) in [6.07, 6.45) is 4.62. The van der Waals surface area contributed by atoms with E-state index < -0.39 is 0 Å². The first kappa shape index (κ1) is 9.59. The first-order chi connectivity index (χ1) is 7.62. The lowest BCUT2D eigenvalue weighted by molar-refractivity contribution is -0.115. The zero-order valence-electron chi connectivity index (χ0n) is 9.58. The minimum absolute atomic E-state index is 0.131. The molecule has 0 aliphatic heterocycles. The minimum atomic E-state index is -0.131. The Morgan fingerprint density at radius 1 is 1.19 bits per heavy atom. The van der Waals surface area contributed by atoms with E-state index in [1.807, 2.05) is 18.2 Å². The van der Waals surface area contributed by atoms with Crippen molar-refractivity contribution in [1.29, 1.82) is 0 Å². The highest BCUT2D eigenvalue weighted by molar-refractivity contribution is 6.11. The second kappa shape index (κ2) is 2.94. The molecule has 1 nitrogen and oxygen atoms in total. The number of benzene rings is 1. The van der Waals surface area contributed by atoms with Gasteiger partial charge in [-0.05, 0) is 16.7 Å². The van der Waals surface area contributed by atoms with Crippen LogP contribution >= 0.6 is 0 Å². The van der Waals surface area contributed by atoms with Gasteiger partial charge in [-0.1, -0.05) is 50.3 Å². The van der Waals surface area contributed by atoms with Crippen molar-refractivity contribution in [2.45, 2.75) is 25.7 Å². The molecule has 0 atom stereocenters. The average molecular weight is 210 g/mol. The third-order valence-electron chi connectivity index (χ3n) is 3.65. The Kier molecular flexibility index (Phi) is 1.76. The molecule has 0 amide bonds. The first-order valence-corrected chi connectivity index (χ1v) is 5.67. The minimum Gasteiger partial charge on any atom is -0.294 e. The van der Waals surface area contributed by atoms with Gasteiger partial charge in [-0.3, -0.25) is 4.79 Å². The maximum absolute atomic E-state index is 12.1. The predicted octanol–water partition coefficient (Wildman–Crippen LogP) is 3.26. The third-order valence-corrected chi connectivity index (χ3v) is 3.65. The number of fused-ring (bicyclic) bond motifs is 2. The fourth-order valence-corrected chi connectivity index (χ4v) is 2.93. The highest BCUT2D eigenvalue weighted by Gasteiger charge is 2.40. The van der Waals surface area contributed by atoms with Crippen molar-refractivity contribution < 1.29 is 4.79 Å². The molecular weight excluding hydrogens is 196 g/mol. The summed E-state index contributed by atoms with van der Waals surface area (Å²) in [6.45, 7) is 4.29. The lowest BCUT2D eigenvalue weighted by atomic mass is 9.78. The van der Waals surface area contributed by atoms with Gasteiger partial charge in [0, 0.05) is 17.4 Å². The van der Waals surface area contributed by atoms with E-state index in [-0.39, 0.29) is 11.2 Å². The fourth-order valence-electron chi connectivity index (χ4n) is 2.93. The summed E-state index contributed by atoms with van der Waals surface area (Å²) in [7, 11) is 0. The zero-order valence-corrected chi connectivity index (χ0v) is 9.58. The Balaban J connectivity index is 2.34. The summed E-state index contributed by atoms with van der Waals surface area (Å²) in [5.41, 5.74) is 4.51. The molecule has 1 aromatic carbocycles. The van der Waals surface area contributed by atoms with E-state index in [4.69, 9.17) is 0 Å². The van der Waals surface area contributed by atoms with Crippen LogP contribution in [0.3, 0.4) is 0 Å². The summed E-state index contributed by atoms with van der Waals surface area (Å²) < 4.78 is 0. The van der Waals surface area contributed by atoms with Crippen LogP contribution in [-0.4, -0.2) is 5.78 Å². The van der Waals surface area contributed by atoms with Crippen LogP contribution in [0.5, 0.6) is 0 Å². The van der Waals surface area contributed by atoms with Crippen LogP contribution in [0.2, 0.25) is 0 Å². The lowest BCUT2D eigenvalue weighted by Crippen LogP contribution is -2.23. The van der Waals surface area contributed by atoms with Crippen LogP contribution in [0, 0.1) is 0 Å². The number of allylic oxidation sites excluding steroid dienone is 4. The molecule has 0 N–H and O–H groups in total. The summed E-state index contributed by atoms with van der Waals surface area (Å²) in [5, 5.41) is 0. The van der Waals surface area contributed by atoms with Crippen molar-refractivity contribution in [1.82, 2.24) is 0 Å². The number of carbonyl (C=O) groups excluding carboxylic acids is 1. The van der Waals surface area contributed by atoms with Gasteiger partial charge in [0.2, 0.25) is 0 Å². The molecule has 16 heavy (non-hydrogen) atoms. The topological polar surface area (TPSA) is 17.1 Å². The molecule has 2 aliphatic rings. The SMILES string of the molecule is CC1(C)C2=C(C=CCC2=O)c2ccccc21. The summed E-state index contributed by atoms with van der Waals surface area (Å²) in [4.78, 5) is 12.1. The van der Waals surface area contributed by atoms with Crippen LogP contribution in [-0.2, 0) is 10.2 Å². The highest BCUT2D eigenvalue weighted by Crippen LogP contribution is 2.48. The molecular formula is C15H14O. The van der Waals surface area contributed by atoms with Crippen molar-refractivity contribution in [3.8, 4) is 0 Å². The molecule has 0 saturated carbocycles. The molecule has 0 saturated heterocycles. The van der Waals surface area contributed by atoms with E-state index in [1.54, 1.807) is 0 Å². The van der Waals surface area contributed by atoms with Crippen molar-refractivity contribution >= 4 is 11.4 Å². The van der Waals surface area contributed by atoms with Crippen LogP contribution in [0.1, 0.15) is 31.4 Å². The second-order valence-corrected chi connectivity index (χ2v) is 4.99. The molecule has 0 aromatic heterocycles. The zero-order chi connectivity index (χ0) is 11.3. The largest absolute Gasteiger partial charge is 0.294 e. The summed E-state index contributed by atoms with van der Waals surface area (Å²) in [6, 6.07) is 8.34. The van der Waals surface area contributed by atoms with Gasteiger partial charge in [-0.2, -0.15) is 0 Å². The number of carbonyl (C=O) groups is 1. The fraction of sp³-hybridized carbons (Fsp3) is 0.267. The van der Waals surface area contributed by atoms with Gasteiger partial charge in [0.15, 0.2) is 5.78 Å². The Hall–Kier alpha value is -1.63. The molecule has 1 aromatic rings. The number of hydrogen-bond acceptors (Lipinski definition) is 1. The van der Waals surface area contributed by atoms with Gasteiger partial charge in [-0.15, -0.1) is 0 Å². The number of hydrogen-bond donors (Lipinski definition) is 0. The molecule has 80 valence electrons. The van der Waals surface area contributed by atoms with Gasteiger partial charge in [0.05, 0.1) is 0 Å². The molecule has 0 radical (unpaired) electrons.